The molecule has 0 saturated heterocycles. The molecule has 7 nitrogen and oxygen atoms in total. The number of hydrogen-bond acceptors (Lipinski definition) is 7. The van der Waals surface area contributed by atoms with Gasteiger partial charge < -0.3 is 9.29 Å². The van der Waals surface area contributed by atoms with E-state index >= 15 is 0 Å². The minimum Gasteiger partial charge on any atom is -0.744 e. The summed E-state index contributed by atoms with van der Waals surface area (Å²) in [5, 5.41) is 9.81. The van der Waals surface area contributed by atoms with Crippen molar-refractivity contribution in [2.45, 2.75) is 88.9 Å². The van der Waals surface area contributed by atoms with Crippen LogP contribution in [0.2, 0.25) is 0 Å². The van der Waals surface area contributed by atoms with E-state index in [0.717, 1.165) is 30.0 Å². The molecule has 0 aromatic heterocycles. The number of benzene rings is 3. The summed E-state index contributed by atoms with van der Waals surface area (Å²) in [5.74, 6) is 0.211. The maximum atomic E-state index is 12.5. The molecule has 3 aromatic carbocycles. The molecule has 0 N–H and O–H groups in total. The van der Waals surface area contributed by atoms with Crippen LogP contribution in [0.1, 0.15) is 84.0 Å². The summed E-state index contributed by atoms with van der Waals surface area (Å²) in [5.41, 5.74) is 0.773. The van der Waals surface area contributed by atoms with Crippen LogP contribution in [0, 0.1) is 0 Å². The number of carbonyl (C=O) groups excluding carboxylic acids is 1. The predicted molar refractivity (Wildman–Crippen MR) is 149 cm³/mol. The van der Waals surface area contributed by atoms with Crippen LogP contribution in [0.15, 0.2) is 75.8 Å². The van der Waals surface area contributed by atoms with Gasteiger partial charge in [0.1, 0.15) is 15.9 Å². The van der Waals surface area contributed by atoms with Crippen molar-refractivity contribution in [2.24, 2.45) is 10.2 Å². The smallest absolute Gasteiger partial charge is 0.744 e. The van der Waals surface area contributed by atoms with Crippen LogP contribution in [0.25, 0.3) is 10.8 Å². The number of rotatable bonds is 16. The molecule has 9 heteroatoms. The minimum atomic E-state index is -4.58. The molecule has 0 spiro atoms. The number of hydrogen-bond donors (Lipinski definition) is 0. The Morgan fingerprint density at radius 1 is 0.769 bits per heavy atom. The second-order valence-electron chi connectivity index (χ2n) is 9.54. The van der Waals surface area contributed by atoms with Gasteiger partial charge in [0.05, 0.1) is 16.3 Å². The molecule has 39 heavy (non-hydrogen) atoms. The van der Waals surface area contributed by atoms with E-state index in [1.165, 1.54) is 69.6 Å². The third-order valence-corrected chi connectivity index (χ3v) is 7.28. The van der Waals surface area contributed by atoms with Crippen molar-refractivity contribution in [3.8, 4) is 5.75 Å². The number of carbonyl (C=O) groups is 1. The van der Waals surface area contributed by atoms with Crippen LogP contribution < -0.4 is 34.3 Å². The molecule has 0 amide bonds. The molecule has 0 unspecified atom stereocenters. The first kappa shape index (κ1) is 33.1. The van der Waals surface area contributed by atoms with Crippen molar-refractivity contribution >= 4 is 38.2 Å². The molecule has 3 rings (SSSR count). The summed E-state index contributed by atoms with van der Waals surface area (Å²) in [6, 6.07) is 16.2. The van der Waals surface area contributed by atoms with Crippen LogP contribution in [0.4, 0.5) is 11.4 Å². The minimum absolute atomic E-state index is 0. The molecule has 0 radical (unpaired) electrons. The maximum Gasteiger partial charge on any atom is 1.00 e. The molecule has 0 aliphatic rings. The van der Waals surface area contributed by atoms with E-state index in [9.17, 15) is 17.8 Å². The third kappa shape index (κ3) is 11.5. The van der Waals surface area contributed by atoms with E-state index < -0.39 is 10.1 Å². The molecule has 0 saturated carbocycles. The van der Waals surface area contributed by atoms with Gasteiger partial charge in [-0.05, 0) is 36.8 Å². The molecule has 3 aromatic rings. The summed E-state index contributed by atoms with van der Waals surface area (Å²) in [7, 11) is -4.58. The summed E-state index contributed by atoms with van der Waals surface area (Å²) in [6.07, 6.45) is 13.8. The Kier molecular flexibility index (Phi) is 14.9. The van der Waals surface area contributed by atoms with Crippen molar-refractivity contribution < 1.29 is 52.1 Å². The monoisotopic (exact) mass is 560 g/mol. The van der Waals surface area contributed by atoms with Crippen molar-refractivity contribution in [1.82, 2.24) is 0 Å². The normalized spacial score (nSPS) is 11.5. The fraction of sp³-hybridized carbons (Fsp3) is 0.433. The van der Waals surface area contributed by atoms with Crippen molar-refractivity contribution in [1.29, 1.82) is 0 Å². The van der Waals surface area contributed by atoms with Crippen LogP contribution in [0.5, 0.6) is 5.75 Å². The Morgan fingerprint density at radius 2 is 1.38 bits per heavy atom. The van der Waals surface area contributed by atoms with Gasteiger partial charge in [-0.3, -0.25) is 4.79 Å². The largest absolute Gasteiger partial charge is 1.00 e. The van der Waals surface area contributed by atoms with E-state index in [1.807, 2.05) is 24.3 Å². The summed E-state index contributed by atoms with van der Waals surface area (Å²) < 4.78 is 39.5. The summed E-state index contributed by atoms with van der Waals surface area (Å²) in [6.45, 7) is 2.24. The van der Waals surface area contributed by atoms with Crippen LogP contribution in [-0.2, 0) is 14.9 Å². The second-order valence-corrected chi connectivity index (χ2v) is 10.9. The van der Waals surface area contributed by atoms with E-state index in [4.69, 9.17) is 4.74 Å². The Labute approximate surface area is 254 Å². The standard InChI is InChI=1S/C30H38N2O5S.Na/c1-2-3-4-5-6-7-8-9-10-11-12-20-30(33)37-29-22-21-28(26-18-13-14-19-27(26)29)32-31-24-16-15-17-25(23-24)38(34,35)36;/h13-19,21-23H,2-12,20H2,1H3,(H,34,35,36);/q;+1/p-1/b32-31+;. The molecule has 0 aliphatic heterocycles. The van der Waals surface area contributed by atoms with Gasteiger partial charge in [-0.25, -0.2) is 8.42 Å². The molecular weight excluding hydrogens is 523 g/mol. The van der Waals surface area contributed by atoms with Gasteiger partial charge in [0.15, 0.2) is 0 Å². The van der Waals surface area contributed by atoms with Gasteiger partial charge in [-0.1, -0.05) is 101 Å². The Bertz CT molecular complexity index is 1330. The maximum absolute atomic E-state index is 12.5. The van der Waals surface area contributed by atoms with Gasteiger partial charge in [-0.2, -0.15) is 5.11 Å². The number of esters is 1. The van der Waals surface area contributed by atoms with Gasteiger partial charge in [0.25, 0.3) is 0 Å². The zero-order valence-electron chi connectivity index (χ0n) is 23.1. The zero-order valence-corrected chi connectivity index (χ0v) is 25.9. The average Bonchev–Trinajstić information content (AvgIpc) is 2.91. The van der Waals surface area contributed by atoms with E-state index in [2.05, 4.69) is 17.2 Å². The first-order valence-electron chi connectivity index (χ1n) is 13.6. The van der Waals surface area contributed by atoms with Crippen LogP contribution in [-0.4, -0.2) is 18.9 Å². The average molecular weight is 561 g/mol. The summed E-state index contributed by atoms with van der Waals surface area (Å²) >= 11 is 0. The molecule has 0 aliphatic carbocycles. The topological polar surface area (TPSA) is 108 Å². The Morgan fingerprint density at radius 3 is 2.03 bits per heavy atom. The van der Waals surface area contributed by atoms with Crippen molar-refractivity contribution in [3.63, 3.8) is 0 Å². The van der Waals surface area contributed by atoms with Gasteiger partial charge in [0, 0.05) is 17.2 Å². The molecule has 0 bridgehead atoms. The number of unbranched alkanes of at least 4 members (excludes halogenated alkanes) is 10. The fourth-order valence-corrected chi connectivity index (χ4v) is 4.86. The second kappa shape index (κ2) is 17.6. The van der Waals surface area contributed by atoms with Gasteiger partial charge in [0.2, 0.25) is 0 Å². The van der Waals surface area contributed by atoms with Crippen LogP contribution >= 0.6 is 0 Å². The molecule has 0 atom stereocenters. The van der Waals surface area contributed by atoms with E-state index in [0.29, 0.717) is 17.9 Å². The van der Waals surface area contributed by atoms with Crippen LogP contribution in [0.3, 0.4) is 0 Å². The summed E-state index contributed by atoms with van der Waals surface area (Å²) in [4.78, 5) is 12.1. The Hall–Kier alpha value is -2.10. The number of azo groups is 1. The van der Waals surface area contributed by atoms with Crippen molar-refractivity contribution in [3.05, 3.63) is 60.7 Å². The van der Waals surface area contributed by atoms with E-state index in [-0.39, 0.29) is 46.1 Å². The Balaban J connectivity index is 0.00000533. The zero-order chi connectivity index (χ0) is 27.2. The van der Waals surface area contributed by atoms with Gasteiger partial charge >= 0.3 is 35.5 Å². The fourth-order valence-electron chi connectivity index (χ4n) is 4.35. The first-order chi connectivity index (χ1) is 18.4. The van der Waals surface area contributed by atoms with Crippen molar-refractivity contribution in [2.75, 3.05) is 0 Å². The molecule has 204 valence electrons. The third-order valence-electron chi connectivity index (χ3n) is 6.45. The molecule has 0 heterocycles. The number of fused-ring (bicyclic) bond motifs is 1. The molecule has 0 fully saturated rings. The number of nitrogens with zero attached hydrogens (tertiary/aromatic N) is 2. The SMILES string of the molecule is CCCCCCCCCCCCCC(=O)Oc1ccc(/N=N/c2cccc(S(=O)(=O)[O-])c2)c2ccccc12.[Na+]. The predicted octanol–water partition coefficient (Wildman–Crippen LogP) is 5.77. The molecular formula is C30H37N2NaO5S. The number of ether oxygens (including phenoxy) is 1. The van der Waals surface area contributed by atoms with E-state index in [1.54, 1.807) is 18.2 Å². The quantitative estimate of drug-likeness (QED) is 0.0552. The first-order valence-corrected chi connectivity index (χ1v) is 15.0. The van der Waals surface area contributed by atoms with Gasteiger partial charge in [-0.15, -0.1) is 5.11 Å².